The molecule has 0 aliphatic carbocycles. The average molecular weight is 314 g/mol. The standard InChI is InChI=1S/C17H19FN4O/c18-13-6-4-12(5-7-13)16-15(11-21-22-16)17(23)20-10-8-14-3-1-2-9-19-14/h1-7,9,15-16,21-22H,8,10-11H2,(H,20,23). The van der Waals surface area contributed by atoms with Crippen molar-refractivity contribution in [1.29, 1.82) is 0 Å². The number of carbonyl (C=O) groups excluding carboxylic acids is 1. The maximum atomic E-state index is 13.0. The normalized spacial score (nSPS) is 20.4. The third-order valence-corrected chi connectivity index (χ3v) is 3.95. The Labute approximate surface area is 134 Å². The lowest BCUT2D eigenvalue weighted by molar-refractivity contribution is -0.124. The van der Waals surface area contributed by atoms with E-state index >= 15 is 0 Å². The molecule has 2 atom stereocenters. The second-order valence-electron chi connectivity index (χ2n) is 5.52. The average Bonchev–Trinajstić information content (AvgIpc) is 3.06. The summed E-state index contributed by atoms with van der Waals surface area (Å²) in [5, 5.41) is 2.95. The van der Waals surface area contributed by atoms with Crippen LogP contribution in [0.2, 0.25) is 0 Å². The van der Waals surface area contributed by atoms with Gasteiger partial charge in [0.25, 0.3) is 0 Å². The quantitative estimate of drug-likeness (QED) is 0.779. The number of amides is 1. The van der Waals surface area contributed by atoms with Crippen molar-refractivity contribution in [2.45, 2.75) is 12.5 Å². The van der Waals surface area contributed by atoms with E-state index in [1.165, 1.54) is 12.1 Å². The van der Waals surface area contributed by atoms with Gasteiger partial charge in [0.15, 0.2) is 0 Å². The molecule has 0 saturated carbocycles. The molecule has 1 aliphatic rings. The van der Waals surface area contributed by atoms with Crippen molar-refractivity contribution < 1.29 is 9.18 Å². The van der Waals surface area contributed by atoms with Crippen molar-refractivity contribution in [3.05, 3.63) is 65.7 Å². The van der Waals surface area contributed by atoms with Gasteiger partial charge in [-0.05, 0) is 29.8 Å². The Hall–Kier alpha value is -2.31. The summed E-state index contributed by atoms with van der Waals surface area (Å²) in [4.78, 5) is 16.6. The zero-order chi connectivity index (χ0) is 16.1. The molecular formula is C17H19FN4O. The Kier molecular flexibility index (Phi) is 4.95. The van der Waals surface area contributed by atoms with Crippen LogP contribution in [0.15, 0.2) is 48.7 Å². The number of aromatic nitrogens is 1. The number of hydrazine groups is 1. The summed E-state index contributed by atoms with van der Waals surface area (Å²) in [6.45, 7) is 1.08. The smallest absolute Gasteiger partial charge is 0.226 e. The molecule has 1 fully saturated rings. The van der Waals surface area contributed by atoms with Crippen LogP contribution in [-0.2, 0) is 11.2 Å². The number of hydrogen-bond donors (Lipinski definition) is 3. The molecule has 1 aliphatic heterocycles. The Morgan fingerprint density at radius 1 is 1.26 bits per heavy atom. The topological polar surface area (TPSA) is 66.0 Å². The van der Waals surface area contributed by atoms with E-state index in [1.54, 1.807) is 18.3 Å². The molecule has 3 N–H and O–H groups in total. The summed E-state index contributed by atoms with van der Waals surface area (Å²) in [6, 6.07) is 11.8. The molecule has 120 valence electrons. The Bertz CT molecular complexity index is 647. The zero-order valence-corrected chi connectivity index (χ0v) is 12.6. The van der Waals surface area contributed by atoms with Crippen LogP contribution in [0.25, 0.3) is 0 Å². The van der Waals surface area contributed by atoms with Crippen molar-refractivity contribution in [3.63, 3.8) is 0 Å². The number of carbonyl (C=O) groups is 1. The number of rotatable bonds is 5. The van der Waals surface area contributed by atoms with E-state index < -0.39 is 0 Å². The number of halogens is 1. The molecule has 1 amide bonds. The second kappa shape index (κ2) is 7.30. The molecule has 1 saturated heterocycles. The monoisotopic (exact) mass is 314 g/mol. The first kappa shape index (κ1) is 15.6. The van der Waals surface area contributed by atoms with Crippen molar-refractivity contribution >= 4 is 5.91 Å². The van der Waals surface area contributed by atoms with Gasteiger partial charge in [-0.2, -0.15) is 0 Å². The number of hydrogen-bond acceptors (Lipinski definition) is 4. The van der Waals surface area contributed by atoms with Gasteiger partial charge in [-0.15, -0.1) is 0 Å². The van der Waals surface area contributed by atoms with Crippen molar-refractivity contribution in [3.8, 4) is 0 Å². The number of nitrogens with one attached hydrogen (secondary N) is 3. The largest absolute Gasteiger partial charge is 0.355 e. The Balaban J connectivity index is 1.56. The summed E-state index contributed by atoms with van der Waals surface area (Å²) in [7, 11) is 0. The van der Waals surface area contributed by atoms with Crippen LogP contribution in [0.4, 0.5) is 4.39 Å². The predicted molar refractivity (Wildman–Crippen MR) is 84.7 cm³/mol. The summed E-state index contributed by atoms with van der Waals surface area (Å²) in [5.74, 6) is -0.534. The lowest BCUT2D eigenvalue weighted by Gasteiger charge is -2.18. The lowest BCUT2D eigenvalue weighted by atomic mass is 9.94. The van der Waals surface area contributed by atoms with E-state index in [-0.39, 0.29) is 23.7 Å². The van der Waals surface area contributed by atoms with Crippen molar-refractivity contribution in [2.75, 3.05) is 13.1 Å². The highest BCUT2D eigenvalue weighted by Crippen LogP contribution is 2.25. The Morgan fingerprint density at radius 2 is 2.09 bits per heavy atom. The number of benzene rings is 1. The van der Waals surface area contributed by atoms with Crippen LogP contribution < -0.4 is 16.2 Å². The molecule has 5 nitrogen and oxygen atoms in total. The molecule has 1 aromatic heterocycles. The fourth-order valence-electron chi connectivity index (χ4n) is 2.72. The van der Waals surface area contributed by atoms with Gasteiger partial charge in [-0.3, -0.25) is 15.2 Å². The van der Waals surface area contributed by atoms with Gasteiger partial charge in [0.2, 0.25) is 5.91 Å². The molecule has 2 unspecified atom stereocenters. The summed E-state index contributed by atoms with van der Waals surface area (Å²) >= 11 is 0. The molecule has 0 bridgehead atoms. The minimum Gasteiger partial charge on any atom is -0.355 e. The van der Waals surface area contributed by atoms with Gasteiger partial charge in [0, 0.05) is 31.4 Å². The van der Waals surface area contributed by atoms with Gasteiger partial charge in [0.1, 0.15) is 5.82 Å². The van der Waals surface area contributed by atoms with Gasteiger partial charge < -0.3 is 5.32 Å². The van der Waals surface area contributed by atoms with E-state index in [4.69, 9.17) is 0 Å². The summed E-state index contributed by atoms with van der Waals surface area (Å²) < 4.78 is 13.0. The molecule has 0 spiro atoms. The molecular weight excluding hydrogens is 295 g/mol. The maximum absolute atomic E-state index is 13.0. The van der Waals surface area contributed by atoms with Crippen molar-refractivity contribution in [2.24, 2.45) is 5.92 Å². The SMILES string of the molecule is O=C(NCCc1ccccn1)C1CNNC1c1ccc(F)cc1. The third kappa shape index (κ3) is 3.91. The molecule has 2 aromatic rings. The maximum Gasteiger partial charge on any atom is 0.226 e. The minimum atomic E-state index is -0.281. The molecule has 23 heavy (non-hydrogen) atoms. The minimum absolute atomic E-state index is 0.0206. The van der Waals surface area contributed by atoms with Crippen LogP contribution in [0, 0.1) is 11.7 Å². The van der Waals surface area contributed by atoms with Gasteiger partial charge in [-0.1, -0.05) is 18.2 Å². The fraction of sp³-hybridized carbons (Fsp3) is 0.294. The predicted octanol–water partition coefficient (Wildman–Crippen LogP) is 1.34. The lowest BCUT2D eigenvalue weighted by Crippen LogP contribution is -2.36. The first-order valence-electron chi connectivity index (χ1n) is 7.65. The highest BCUT2D eigenvalue weighted by atomic mass is 19.1. The molecule has 2 heterocycles. The van der Waals surface area contributed by atoms with Gasteiger partial charge in [-0.25, -0.2) is 9.82 Å². The first-order chi connectivity index (χ1) is 11.2. The highest BCUT2D eigenvalue weighted by molar-refractivity contribution is 5.80. The molecule has 0 radical (unpaired) electrons. The summed E-state index contributed by atoms with van der Waals surface area (Å²) in [5.41, 5.74) is 7.93. The Morgan fingerprint density at radius 3 is 2.83 bits per heavy atom. The van der Waals surface area contributed by atoms with E-state index in [2.05, 4.69) is 21.2 Å². The second-order valence-corrected chi connectivity index (χ2v) is 5.52. The number of pyridine rings is 1. The van der Waals surface area contributed by atoms with Gasteiger partial charge in [0.05, 0.1) is 12.0 Å². The molecule has 6 heteroatoms. The van der Waals surface area contributed by atoms with Crippen LogP contribution in [0.5, 0.6) is 0 Å². The van der Waals surface area contributed by atoms with Crippen molar-refractivity contribution in [1.82, 2.24) is 21.2 Å². The van der Waals surface area contributed by atoms with Crippen LogP contribution in [0.3, 0.4) is 0 Å². The fourth-order valence-corrected chi connectivity index (χ4v) is 2.72. The van der Waals surface area contributed by atoms with Crippen LogP contribution >= 0.6 is 0 Å². The molecule has 3 rings (SSSR count). The van der Waals surface area contributed by atoms with Gasteiger partial charge >= 0.3 is 0 Å². The third-order valence-electron chi connectivity index (χ3n) is 3.95. The van der Waals surface area contributed by atoms with Crippen LogP contribution in [0.1, 0.15) is 17.3 Å². The number of nitrogens with zero attached hydrogens (tertiary/aromatic N) is 1. The highest BCUT2D eigenvalue weighted by Gasteiger charge is 2.33. The first-order valence-corrected chi connectivity index (χ1v) is 7.65. The van der Waals surface area contributed by atoms with E-state index in [0.717, 1.165) is 11.3 Å². The van der Waals surface area contributed by atoms with E-state index in [9.17, 15) is 9.18 Å². The van der Waals surface area contributed by atoms with E-state index in [0.29, 0.717) is 19.5 Å². The van der Waals surface area contributed by atoms with Crippen LogP contribution in [-0.4, -0.2) is 24.0 Å². The molecule has 1 aromatic carbocycles. The summed E-state index contributed by atoms with van der Waals surface area (Å²) in [6.07, 6.45) is 2.44. The van der Waals surface area contributed by atoms with E-state index in [1.807, 2.05) is 18.2 Å². The zero-order valence-electron chi connectivity index (χ0n) is 12.6.